The lowest BCUT2D eigenvalue weighted by Crippen LogP contribution is -2.46. The van der Waals surface area contributed by atoms with Gasteiger partial charge in [0.25, 0.3) is 0 Å². The third-order valence-corrected chi connectivity index (χ3v) is 3.79. The second-order valence-electron chi connectivity index (χ2n) is 5.65. The van der Waals surface area contributed by atoms with E-state index in [2.05, 4.69) is 10.1 Å². The van der Waals surface area contributed by atoms with Crippen molar-refractivity contribution in [1.29, 1.82) is 0 Å². The first kappa shape index (κ1) is 26.0. The van der Waals surface area contributed by atoms with E-state index in [0.29, 0.717) is 26.2 Å². The van der Waals surface area contributed by atoms with Crippen molar-refractivity contribution in [2.75, 3.05) is 26.2 Å². The van der Waals surface area contributed by atoms with Crippen molar-refractivity contribution >= 4 is 24.8 Å². The Morgan fingerprint density at radius 3 is 1.93 bits per heavy atom. The van der Waals surface area contributed by atoms with E-state index in [1.165, 1.54) is 12.1 Å². The number of nitrogens with zero attached hydrogens (tertiary/aromatic N) is 1. The zero-order valence-electron chi connectivity index (χ0n) is 13.8. The Hall–Kier alpha value is -0.970. The fraction of sp³-hybridized carbons (Fsp3) is 0.600. The number of nitrogens with one attached hydrogen (secondary N) is 1. The summed E-state index contributed by atoms with van der Waals surface area (Å²) in [5, 5.41) is 3.03. The monoisotopic (exact) mass is 446 g/mol. The average Bonchev–Trinajstić information content (AvgIpc) is 2.53. The smallest absolute Gasteiger partial charge is 0.428 e. The Morgan fingerprint density at radius 2 is 1.48 bits per heavy atom. The molecule has 0 bridgehead atoms. The second-order valence-corrected chi connectivity index (χ2v) is 5.65. The van der Waals surface area contributed by atoms with Crippen LogP contribution in [0.3, 0.4) is 0 Å². The third-order valence-electron chi connectivity index (χ3n) is 3.79. The molecule has 1 fully saturated rings. The summed E-state index contributed by atoms with van der Waals surface area (Å²) in [7, 11) is 0. The highest BCUT2D eigenvalue weighted by Gasteiger charge is 2.44. The highest BCUT2D eigenvalue weighted by Crippen LogP contribution is 2.35. The summed E-state index contributed by atoms with van der Waals surface area (Å²) >= 11 is 0. The molecular weight excluding hydrogens is 428 g/mol. The SMILES string of the molecule is Cl.Cl.FC(F)C(F)(F)Oc1ccc([C@@H](CC(F)(F)F)N2CCNCC2)cc1. The van der Waals surface area contributed by atoms with Crippen LogP contribution < -0.4 is 10.1 Å². The molecule has 0 spiro atoms. The Bertz CT molecular complexity index is 552. The van der Waals surface area contributed by atoms with Gasteiger partial charge in [0.15, 0.2) is 0 Å². The number of piperazine rings is 1. The number of hydrogen-bond donors (Lipinski definition) is 1. The molecule has 0 aromatic heterocycles. The van der Waals surface area contributed by atoms with Crippen LogP contribution in [0.4, 0.5) is 30.7 Å². The van der Waals surface area contributed by atoms with E-state index >= 15 is 0 Å². The zero-order valence-corrected chi connectivity index (χ0v) is 15.5. The first-order chi connectivity index (χ1) is 11.6. The van der Waals surface area contributed by atoms with E-state index < -0.39 is 36.9 Å². The summed E-state index contributed by atoms with van der Waals surface area (Å²) in [6, 6.07) is 3.34. The topological polar surface area (TPSA) is 24.5 Å². The van der Waals surface area contributed by atoms with Gasteiger partial charge in [0.05, 0.1) is 6.42 Å². The van der Waals surface area contributed by atoms with Crippen LogP contribution in [0.15, 0.2) is 24.3 Å². The van der Waals surface area contributed by atoms with E-state index in [-0.39, 0.29) is 30.4 Å². The maximum absolute atomic E-state index is 12.9. The lowest BCUT2D eigenvalue weighted by atomic mass is 10.0. The molecule has 1 aromatic carbocycles. The Morgan fingerprint density at radius 1 is 0.963 bits per heavy atom. The standard InChI is InChI=1S/C15H17F7N2O.2ClH/c16-13(17)15(21,22)25-11-3-1-10(2-4-11)12(9-14(18,19)20)24-7-5-23-6-8-24;;/h1-4,12-13,23H,5-9H2;2*1H/t12-;;/m1../s1. The molecule has 2 rings (SSSR count). The van der Waals surface area contributed by atoms with Crippen LogP contribution in [0, 0.1) is 0 Å². The molecule has 27 heavy (non-hydrogen) atoms. The maximum atomic E-state index is 12.9. The molecular formula is C15H19Cl2F7N2O. The summed E-state index contributed by atoms with van der Waals surface area (Å²) in [5.74, 6) is -0.542. The highest BCUT2D eigenvalue weighted by molar-refractivity contribution is 5.85. The number of halogens is 9. The number of alkyl halides is 7. The Balaban J connectivity index is 0.00000338. The molecule has 1 atom stereocenters. The van der Waals surface area contributed by atoms with Crippen molar-refractivity contribution < 1.29 is 35.5 Å². The average molecular weight is 447 g/mol. The predicted octanol–water partition coefficient (Wildman–Crippen LogP) is 4.67. The van der Waals surface area contributed by atoms with Gasteiger partial charge < -0.3 is 10.1 Å². The van der Waals surface area contributed by atoms with Crippen molar-refractivity contribution in [2.45, 2.75) is 31.2 Å². The van der Waals surface area contributed by atoms with E-state index in [9.17, 15) is 30.7 Å². The largest absolute Gasteiger partial charge is 0.461 e. The normalized spacial score (nSPS) is 17.0. The molecule has 1 aromatic rings. The third kappa shape index (κ3) is 7.89. The molecule has 0 radical (unpaired) electrons. The molecule has 0 aliphatic carbocycles. The minimum Gasteiger partial charge on any atom is -0.428 e. The summed E-state index contributed by atoms with van der Waals surface area (Å²) in [6.07, 6.45) is -14.2. The highest BCUT2D eigenvalue weighted by atomic mass is 35.5. The van der Waals surface area contributed by atoms with Gasteiger partial charge in [0.1, 0.15) is 5.75 Å². The molecule has 0 saturated carbocycles. The molecule has 1 heterocycles. The van der Waals surface area contributed by atoms with Gasteiger partial charge in [0.2, 0.25) is 0 Å². The van der Waals surface area contributed by atoms with Gasteiger partial charge in [-0.15, -0.1) is 24.8 Å². The molecule has 1 aliphatic heterocycles. The van der Waals surface area contributed by atoms with Gasteiger partial charge in [-0.05, 0) is 17.7 Å². The Kier molecular flexibility index (Phi) is 10.2. The minimum atomic E-state index is -4.66. The van der Waals surface area contributed by atoms with Gasteiger partial charge >= 0.3 is 18.7 Å². The molecule has 1 aliphatic rings. The van der Waals surface area contributed by atoms with Gasteiger partial charge in [-0.25, -0.2) is 0 Å². The fourth-order valence-electron chi connectivity index (χ4n) is 2.63. The van der Waals surface area contributed by atoms with Crippen LogP contribution in [-0.4, -0.2) is 49.8 Å². The number of benzene rings is 1. The van der Waals surface area contributed by atoms with Crippen LogP contribution in [0.25, 0.3) is 0 Å². The first-order valence-electron chi connectivity index (χ1n) is 7.55. The number of hydrogen-bond acceptors (Lipinski definition) is 3. The van der Waals surface area contributed by atoms with Crippen molar-refractivity contribution in [3.8, 4) is 5.75 Å². The molecule has 3 nitrogen and oxygen atoms in total. The van der Waals surface area contributed by atoms with Gasteiger partial charge in [-0.2, -0.15) is 30.7 Å². The molecule has 0 amide bonds. The molecule has 0 unspecified atom stereocenters. The summed E-state index contributed by atoms with van der Waals surface area (Å²) < 4.78 is 92.6. The minimum absolute atomic E-state index is 0. The Labute approximate surface area is 164 Å². The predicted molar refractivity (Wildman–Crippen MR) is 90.4 cm³/mol. The fourth-order valence-corrected chi connectivity index (χ4v) is 2.63. The molecule has 1 saturated heterocycles. The van der Waals surface area contributed by atoms with Crippen LogP contribution in [0.5, 0.6) is 5.75 Å². The summed E-state index contributed by atoms with van der Waals surface area (Å²) in [6.45, 7) is 1.89. The van der Waals surface area contributed by atoms with E-state index in [4.69, 9.17) is 0 Å². The van der Waals surface area contributed by atoms with Gasteiger partial charge in [-0.3, -0.25) is 4.90 Å². The van der Waals surface area contributed by atoms with Crippen LogP contribution >= 0.6 is 24.8 Å². The lowest BCUT2D eigenvalue weighted by molar-refractivity contribution is -0.253. The summed E-state index contributed by atoms with van der Waals surface area (Å²) in [5.41, 5.74) is 0.256. The van der Waals surface area contributed by atoms with Crippen LogP contribution in [0.2, 0.25) is 0 Å². The van der Waals surface area contributed by atoms with Gasteiger partial charge in [0, 0.05) is 32.2 Å². The van der Waals surface area contributed by atoms with Crippen molar-refractivity contribution in [3.63, 3.8) is 0 Å². The lowest BCUT2D eigenvalue weighted by Gasteiger charge is -2.35. The van der Waals surface area contributed by atoms with E-state index in [0.717, 1.165) is 12.1 Å². The van der Waals surface area contributed by atoms with Gasteiger partial charge in [-0.1, -0.05) is 12.1 Å². The van der Waals surface area contributed by atoms with E-state index in [1.807, 2.05) is 0 Å². The summed E-state index contributed by atoms with van der Waals surface area (Å²) in [4.78, 5) is 1.65. The second kappa shape index (κ2) is 10.5. The maximum Gasteiger partial charge on any atom is 0.461 e. The molecule has 12 heteroatoms. The van der Waals surface area contributed by atoms with Crippen molar-refractivity contribution in [1.82, 2.24) is 10.2 Å². The number of rotatable bonds is 6. The van der Waals surface area contributed by atoms with Crippen LogP contribution in [0.1, 0.15) is 18.0 Å². The van der Waals surface area contributed by atoms with E-state index in [1.54, 1.807) is 4.90 Å². The quantitative estimate of drug-likeness (QED) is 0.642. The van der Waals surface area contributed by atoms with Crippen LogP contribution in [-0.2, 0) is 0 Å². The molecule has 158 valence electrons. The van der Waals surface area contributed by atoms with Crippen molar-refractivity contribution in [2.24, 2.45) is 0 Å². The number of ether oxygens (including phenoxy) is 1. The zero-order chi connectivity index (χ0) is 18.7. The van der Waals surface area contributed by atoms with Crippen molar-refractivity contribution in [3.05, 3.63) is 29.8 Å². The first-order valence-corrected chi connectivity index (χ1v) is 7.55. The molecule has 1 N–H and O–H groups in total.